The number of carbonyl (C=O) groups is 3. The minimum atomic E-state index is -1.07. The van der Waals surface area contributed by atoms with Crippen LogP contribution in [0.4, 0.5) is 5.69 Å². The second-order valence-corrected chi connectivity index (χ2v) is 4.95. The minimum Gasteiger partial charge on any atom is -0.480 e. The molecular weight excluding hydrogens is 284 g/mol. The quantitative estimate of drug-likeness (QED) is 0.838. The third-order valence-corrected chi connectivity index (χ3v) is 3.45. The molecule has 0 aliphatic carbocycles. The van der Waals surface area contributed by atoms with Crippen molar-refractivity contribution < 1.29 is 19.5 Å². The molecular formula is C13H13ClN2O4. The van der Waals surface area contributed by atoms with E-state index < -0.39 is 17.9 Å². The van der Waals surface area contributed by atoms with Crippen LogP contribution in [0.5, 0.6) is 0 Å². The number of amides is 2. The molecule has 1 atom stereocenters. The van der Waals surface area contributed by atoms with Gasteiger partial charge in [0.25, 0.3) is 5.91 Å². The van der Waals surface area contributed by atoms with Gasteiger partial charge in [0.05, 0.1) is 6.42 Å². The number of carboxylic acid groups (broad SMARTS) is 1. The number of benzene rings is 1. The van der Waals surface area contributed by atoms with Crippen LogP contribution in [0.2, 0.25) is 5.02 Å². The summed E-state index contributed by atoms with van der Waals surface area (Å²) in [5, 5.41) is 9.51. The van der Waals surface area contributed by atoms with E-state index in [1.54, 1.807) is 24.3 Å². The van der Waals surface area contributed by atoms with Crippen LogP contribution in [0, 0.1) is 0 Å². The summed E-state index contributed by atoms with van der Waals surface area (Å²) in [6, 6.07) is 5.68. The number of hydrogen-bond acceptors (Lipinski definition) is 4. The Morgan fingerprint density at radius 1 is 1.40 bits per heavy atom. The minimum absolute atomic E-state index is 0.0226. The number of aliphatic carboxylic acids is 1. The highest BCUT2D eigenvalue weighted by Crippen LogP contribution is 2.25. The van der Waals surface area contributed by atoms with Gasteiger partial charge in [-0.2, -0.15) is 0 Å². The highest BCUT2D eigenvalue weighted by atomic mass is 35.5. The van der Waals surface area contributed by atoms with E-state index >= 15 is 0 Å². The highest BCUT2D eigenvalue weighted by Gasteiger charge is 2.40. The maximum atomic E-state index is 12.0. The molecule has 106 valence electrons. The molecule has 1 aromatic carbocycles. The molecule has 0 radical (unpaired) electrons. The van der Waals surface area contributed by atoms with Crippen LogP contribution >= 0.6 is 11.6 Å². The predicted molar refractivity (Wildman–Crippen MR) is 72.6 cm³/mol. The summed E-state index contributed by atoms with van der Waals surface area (Å²) in [6.07, 6.45) is -0.0226. The molecule has 2 rings (SSSR count). The van der Waals surface area contributed by atoms with Gasteiger partial charge in [0.2, 0.25) is 5.91 Å². The molecule has 1 saturated heterocycles. The SMILES string of the molecule is CN1C(=O)CC(N(CC(=O)O)c2ccc(Cl)cc2)C1=O. The number of nitrogens with zero attached hydrogens (tertiary/aromatic N) is 2. The molecule has 1 aromatic rings. The first kappa shape index (κ1) is 14.3. The molecule has 20 heavy (non-hydrogen) atoms. The summed E-state index contributed by atoms with van der Waals surface area (Å²) in [4.78, 5) is 37.0. The lowest BCUT2D eigenvalue weighted by atomic mass is 10.1. The zero-order valence-corrected chi connectivity index (χ0v) is 11.5. The molecule has 0 aromatic heterocycles. The summed E-state index contributed by atoms with van der Waals surface area (Å²) >= 11 is 5.79. The van der Waals surface area contributed by atoms with E-state index in [0.29, 0.717) is 10.7 Å². The number of carboxylic acids is 1. The Morgan fingerprint density at radius 2 is 2.00 bits per heavy atom. The van der Waals surface area contributed by atoms with Gasteiger partial charge in [-0.05, 0) is 24.3 Å². The second kappa shape index (κ2) is 5.50. The van der Waals surface area contributed by atoms with Crippen molar-refractivity contribution in [1.82, 2.24) is 4.90 Å². The van der Waals surface area contributed by atoms with Gasteiger partial charge >= 0.3 is 5.97 Å². The fraction of sp³-hybridized carbons (Fsp3) is 0.308. The van der Waals surface area contributed by atoms with Crippen molar-refractivity contribution in [3.63, 3.8) is 0 Å². The van der Waals surface area contributed by atoms with E-state index in [1.165, 1.54) is 11.9 Å². The average Bonchev–Trinajstić information content (AvgIpc) is 2.65. The molecule has 1 N–H and O–H groups in total. The van der Waals surface area contributed by atoms with E-state index in [-0.39, 0.29) is 18.9 Å². The van der Waals surface area contributed by atoms with Crippen LogP contribution in [0.15, 0.2) is 24.3 Å². The average molecular weight is 297 g/mol. The fourth-order valence-corrected chi connectivity index (χ4v) is 2.27. The molecule has 7 heteroatoms. The summed E-state index contributed by atoms with van der Waals surface area (Å²) in [6.45, 7) is -0.362. The molecule has 1 aliphatic rings. The normalized spacial score (nSPS) is 18.5. The Morgan fingerprint density at radius 3 is 2.45 bits per heavy atom. The van der Waals surface area contributed by atoms with Crippen molar-refractivity contribution in [2.24, 2.45) is 0 Å². The highest BCUT2D eigenvalue weighted by molar-refractivity contribution is 6.30. The molecule has 1 fully saturated rings. The van der Waals surface area contributed by atoms with Crippen molar-refractivity contribution in [3.05, 3.63) is 29.3 Å². The van der Waals surface area contributed by atoms with Crippen LogP contribution < -0.4 is 4.90 Å². The molecule has 0 bridgehead atoms. The van der Waals surface area contributed by atoms with Crippen LogP contribution in [0.1, 0.15) is 6.42 Å². The van der Waals surface area contributed by atoms with Crippen molar-refractivity contribution in [2.75, 3.05) is 18.5 Å². The van der Waals surface area contributed by atoms with Gasteiger partial charge in [0.1, 0.15) is 12.6 Å². The topological polar surface area (TPSA) is 77.9 Å². The lowest BCUT2D eigenvalue weighted by Crippen LogP contribution is -2.44. The van der Waals surface area contributed by atoms with Crippen LogP contribution in [-0.4, -0.2) is 47.4 Å². The van der Waals surface area contributed by atoms with Gasteiger partial charge in [0.15, 0.2) is 0 Å². The number of carbonyl (C=O) groups excluding carboxylic acids is 2. The van der Waals surface area contributed by atoms with E-state index in [0.717, 1.165) is 4.90 Å². The number of hydrogen-bond donors (Lipinski definition) is 1. The summed E-state index contributed by atoms with van der Waals surface area (Å²) in [7, 11) is 1.39. The van der Waals surface area contributed by atoms with E-state index in [2.05, 4.69) is 0 Å². The summed E-state index contributed by atoms with van der Waals surface area (Å²) < 4.78 is 0. The van der Waals surface area contributed by atoms with Crippen molar-refractivity contribution in [1.29, 1.82) is 0 Å². The Labute approximate surface area is 120 Å². The van der Waals surface area contributed by atoms with Gasteiger partial charge in [-0.1, -0.05) is 11.6 Å². The molecule has 0 saturated carbocycles. The first-order valence-corrected chi connectivity index (χ1v) is 6.32. The fourth-order valence-electron chi connectivity index (χ4n) is 2.14. The lowest BCUT2D eigenvalue weighted by molar-refractivity contribution is -0.136. The van der Waals surface area contributed by atoms with Crippen molar-refractivity contribution in [3.8, 4) is 0 Å². The van der Waals surface area contributed by atoms with Gasteiger partial charge in [-0.25, -0.2) is 0 Å². The number of likely N-dealkylation sites (tertiary alicyclic amines) is 1. The smallest absolute Gasteiger partial charge is 0.323 e. The number of anilines is 1. The Balaban J connectivity index is 2.33. The number of rotatable bonds is 4. The van der Waals surface area contributed by atoms with E-state index in [1.807, 2.05) is 0 Å². The maximum Gasteiger partial charge on any atom is 0.323 e. The lowest BCUT2D eigenvalue weighted by Gasteiger charge is -2.27. The number of likely N-dealkylation sites (N-methyl/N-ethyl adjacent to an activating group) is 1. The Kier molecular flexibility index (Phi) is 3.94. The van der Waals surface area contributed by atoms with Crippen LogP contribution in [-0.2, 0) is 14.4 Å². The number of imide groups is 1. The Hall–Kier alpha value is -2.08. The molecule has 6 nitrogen and oxygen atoms in total. The first-order chi connectivity index (χ1) is 9.40. The Bertz CT molecular complexity index is 558. The van der Waals surface area contributed by atoms with Gasteiger partial charge in [-0.15, -0.1) is 0 Å². The zero-order chi connectivity index (χ0) is 14.9. The van der Waals surface area contributed by atoms with Crippen molar-refractivity contribution in [2.45, 2.75) is 12.5 Å². The van der Waals surface area contributed by atoms with Gasteiger partial charge < -0.3 is 10.0 Å². The van der Waals surface area contributed by atoms with Crippen LogP contribution in [0.3, 0.4) is 0 Å². The predicted octanol–water partition coefficient (Wildman–Crippen LogP) is 0.988. The third-order valence-electron chi connectivity index (χ3n) is 3.20. The molecule has 2 amide bonds. The number of halogens is 1. The molecule has 1 aliphatic heterocycles. The van der Waals surface area contributed by atoms with E-state index in [9.17, 15) is 14.4 Å². The zero-order valence-electron chi connectivity index (χ0n) is 10.7. The van der Waals surface area contributed by atoms with Gasteiger partial charge in [-0.3, -0.25) is 19.3 Å². The maximum absolute atomic E-state index is 12.0. The molecule has 0 spiro atoms. The third kappa shape index (κ3) is 2.75. The second-order valence-electron chi connectivity index (χ2n) is 4.51. The van der Waals surface area contributed by atoms with Gasteiger partial charge in [0, 0.05) is 17.8 Å². The standard InChI is InChI=1S/C13H13ClN2O4/c1-15-11(17)6-10(13(15)20)16(7-12(18)19)9-4-2-8(14)3-5-9/h2-5,10H,6-7H2,1H3,(H,18,19). The summed E-state index contributed by atoms with van der Waals surface area (Å²) in [5.41, 5.74) is 0.540. The molecule has 1 heterocycles. The molecule has 1 unspecified atom stereocenters. The summed E-state index contributed by atoms with van der Waals surface area (Å²) in [5.74, 6) is -1.79. The monoisotopic (exact) mass is 296 g/mol. The first-order valence-electron chi connectivity index (χ1n) is 5.94. The largest absolute Gasteiger partial charge is 0.480 e. The van der Waals surface area contributed by atoms with Crippen LogP contribution in [0.25, 0.3) is 0 Å². The van der Waals surface area contributed by atoms with Crippen molar-refractivity contribution >= 4 is 35.1 Å². The van der Waals surface area contributed by atoms with E-state index in [4.69, 9.17) is 16.7 Å².